The molecule has 0 aliphatic carbocycles. The van der Waals surface area contributed by atoms with Crippen molar-refractivity contribution in [3.05, 3.63) is 70.6 Å². The summed E-state index contributed by atoms with van der Waals surface area (Å²) in [6.07, 6.45) is 1.40. The summed E-state index contributed by atoms with van der Waals surface area (Å²) in [5.74, 6) is 0.102. The number of aromatic hydroxyl groups is 1. The van der Waals surface area contributed by atoms with Crippen LogP contribution in [0.5, 0.6) is 5.75 Å². The number of aromatic nitrogens is 2. The Morgan fingerprint density at radius 1 is 1.00 bits per heavy atom. The van der Waals surface area contributed by atoms with E-state index in [2.05, 4.69) is 15.2 Å². The summed E-state index contributed by atoms with van der Waals surface area (Å²) in [5.41, 5.74) is 0.579. The van der Waals surface area contributed by atoms with Crippen LogP contribution >= 0.6 is 0 Å². The Hall–Kier alpha value is -3.74. The minimum absolute atomic E-state index is 0.0175. The van der Waals surface area contributed by atoms with Crippen LogP contribution in [0.25, 0.3) is 22.4 Å². The van der Waals surface area contributed by atoms with E-state index in [1.54, 1.807) is 42.5 Å². The predicted molar refractivity (Wildman–Crippen MR) is 91.1 cm³/mol. The first-order valence-corrected chi connectivity index (χ1v) is 7.39. The Morgan fingerprint density at radius 3 is 2.68 bits per heavy atom. The Kier molecular flexibility index (Phi) is 3.59. The first kappa shape index (κ1) is 14.8. The SMILES string of the molecule is O=c1oc2ccccc2cc1-c1nnc(N=Cc2ccccc2O)o1. The van der Waals surface area contributed by atoms with Crippen molar-refractivity contribution < 1.29 is 13.9 Å². The van der Waals surface area contributed by atoms with E-state index in [-0.39, 0.29) is 23.2 Å². The number of hydrogen-bond acceptors (Lipinski definition) is 7. The highest BCUT2D eigenvalue weighted by Crippen LogP contribution is 2.22. The van der Waals surface area contributed by atoms with E-state index < -0.39 is 5.63 Å². The van der Waals surface area contributed by atoms with Crippen LogP contribution in [-0.2, 0) is 0 Å². The molecule has 0 saturated carbocycles. The molecule has 1 N–H and O–H groups in total. The maximum atomic E-state index is 12.1. The lowest BCUT2D eigenvalue weighted by Crippen LogP contribution is -2.02. The Balaban J connectivity index is 1.69. The molecule has 122 valence electrons. The number of hydrogen-bond donors (Lipinski definition) is 1. The number of benzene rings is 2. The normalized spacial score (nSPS) is 11.4. The number of rotatable bonds is 3. The van der Waals surface area contributed by atoms with Gasteiger partial charge in [0.25, 0.3) is 5.89 Å². The topological polar surface area (TPSA) is 102 Å². The van der Waals surface area contributed by atoms with Crippen molar-refractivity contribution in [1.29, 1.82) is 0 Å². The van der Waals surface area contributed by atoms with Gasteiger partial charge in [0, 0.05) is 17.2 Å². The highest BCUT2D eigenvalue weighted by Gasteiger charge is 2.14. The van der Waals surface area contributed by atoms with Crippen LogP contribution in [0.1, 0.15) is 5.56 Å². The Morgan fingerprint density at radius 2 is 1.80 bits per heavy atom. The van der Waals surface area contributed by atoms with Gasteiger partial charge in [-0.25, -0.2) is 9.79 Å². The first-order valence-electron chi connectivity index (χ1n) is 7.39. The summed E-state index contributed by atoms with van der Waals surface area (Å²) < 4.78 is 10.6. The molecule has 0 fully saturated rings. The minimum Gasteiger partial charge on any atom is -0.507 e. The molecule has 0 unspecified atom stereocenters. The molecule has 0 spiro atoms. The number of phenols is 1. The van der Waals surface area contributed by atoms with Crippen molar-refractivity contribution in [2.75, 3.05) is 0 Å². The summed E-state index contributed by atoms with van der Waals surface area (Å²) in [6, 6.07) is 15.4. The molecule has 2 heterocycles. The lowest BCUT2D eigenvalue weighted by Gasteiger charge is -1.97. The van der Waals surface area contributed by atoms with Crippen molar-refractivity contribution in [3.8, 4) is 17.2 Å². The predicted octanol–water partition coefficient (Wildman–Crippen LogP) is 3.30. The van der Waals surface area contributed by atoms with E-state index in [1.165, 1.54) is 6.21 Å². The lowest BCUT2D eigenvalue weighted by molar-refractivity contribution is 0.474. The van der Waals surface area contributed by atoms with Crippen molar-refractivity contribution >= 4 is 23.2 Å². The van der Waals surface area contributed by atoms with Gasteiger partial charge in [0.05, 0.1) is 0 Å². The van der Waals surface area contributed by atoms with Gasteiger partial charge in [-0.15, -0.1) is 5.10 Å². The summed E-state index contributed by atoms with van der Waals surface area (Å²) in [4.78, 5) is 16.1. The fourth-order valence-electron chi connectivity index (χ4n) is 2.31. The third-order valence-electron chi connectivity index (χ3n) is 3.54. The molecule has 0 aliphatic rings. The summed E-state index contributed by atoms with van der Waals surface area (Å²) >= 11 is 0. The van der Waals surface area contributed by atoms with Crippen LogP contribution in [0.4, 0.5) is 6.01 Å². The molecule has 0 bridgehead atoms. The average molecular weight is 333 g/mol. The third kappa shape index (κ3) is 2.90. The molecular formula is C18H11N3O4. The zero-order valence-corrected chi connectivity index (χ0v) is 12.8. The number of phenolic OH excluding ortho intramolecular Hbond substituents is 1. The zero-order chi connectivity index (χ0) is 17.2. The van der Waals surface area contributed by atoms with E-state index in [9.17, 15) is 9.90 Å². The van der Waals surface area contributed by atoms with Crippen LogP contribution < -0.4 is 5.63 Å². The Bertz CT molecular complexity index is 1140. The quantitative estimate of drug-likeness (QED) is 0.456. The van der Waals surface area contributed by atoms with Gasteiger partial charge < -0.3 is 13.9 Å². The van der Waals surface area contributed by atoms with Gasteiger partial charge in [0.2, 0.25) is 0 Å². The van der Waals surface area contributed by atoms with E-state index >= 15 is 0 Å². The molecule has 0 saturated heterocycles. The standard InChI is InChI=1S/C18H11N3O4/c22-14-7-3-1-6-12(14)10-19-18-21-20-16(25-18)13-9-11-5-2-4-8-15(11)24-17(13)23/h1-10,22H. The number of para-hydroxylation sites is 2. The molecule has 2 aromatic heterocycles. The number of nitrogens with zero attached hydrogens (tertiary/aromatic N) is 3. The third-order valence-corrected chi connectivity index (χ3v) is 3.54. The Labute approximate surface area is 140 Å². The highest BCUT2D eigenvalue weighted by molar-refractivity contribution is 5.84. The molecule has 7 nitrogen and oxygen atoms in total. The first-order chi connectivity index (χ1) is 12.2. The number of fused-ring (bicyclic) bond motifs is 1. The van der Waals surface area contributed by atoms with E-state index in [0.29, 0.717) is 11.1 Å². The average Bonchev–Trinajstić information content (AvgIpc) is 3.09. The fraction of sp³-hybridized carbons (Fsp3) is 0. The fourth-order valence-corrected chi connectivity index (χ4v) is 2.31. The zero-order valence-electron chi connectivity index (χ0n) is 12.8. The van der Waals surface area contributed by atoms with E-state index in [0.717, 1.165) is 5.39 Å². The van der Waals surface area contributed by atoms with Gasteiger partial charge >= 0.3 is 11.6 Å². The van der Waals surface area contributed by atoms with Crippen LogP contribution in [0.2, 0.25) is 0 Å². The second kappa shape index (κ2) is 6.04. The van der Waals surface area contributed by atoms with E-state index in [1.807, 2.05) is 12.1 Å². The molecule has 4 aromatic rings. The molecule has 2 aromatic carbocycles. The summed E-state index contributed by atoms with van der Waals surface area (Å²) in [6.45, 7) is 0. The van der Waals surface area contributed by atoms with Crippen molar-refractivity contribution in [1.82, 2.24) is 10.2 Å². The molecule has 0 atom stereocenters. The lowest BCUT2D eigenvalue weighted by atomic mass is 10.2. The summed E-state index contributed by atoms with van der Waals surface area (Å²) in [5, 5.41) is 18.1. The van der Waals surface area contributed by atoms with Gasteiger partial charge in [-0.3, -0.25) is 0 Å². The largest absolute Gasteiger partial charge is 0.507 e. The van der Waals surface area contributed by atoms with Crippen LogP contribution in [-0.4, -0.2) is 21.5 Å². The van der Waals surface area contributed by atoms with Crippen LogP contribution in [0.3, 0.4) is 0 Å². The van der Waals surface area contributed by atoms with Gasteiger partial charge in [-0.1, -0.05) is 35.4 Å². The van der Waals surface area contributed by atoms with Gasteiger partial charge in [-0.2, -0.15) is 0 Å². The monoisotopic (exact) mass is 333 g/mol. The van der Waals surface area contributed by atoms with E-state index in [4.69, 9.17) is 8.83 Å². The molecule has 0 radical (unpaired) electrons. The molecule has 0 amide bonds. The molecular weight excluding hydrogens is 322 g/mol. The van der Waals surface area contributed by atoms with Crippen LogP contribution in [0.15, 0.2) is 73.2 Å². The van der Waals surface area contributed by atoms with Crippen LogP contribution in [0, 0.1) is 0 Å². The van der Waals surface area contributed by atoms with Gasteiger partial charge in [0.15, 0.2) is 0 Å². The molecule has 4 rings (SSSR count). The molecule has 25 heavy (non-hydrogen) atoms. The second-order valence-electron chi connectivity index (χ2n) is 5.19. The van der Waals surface area contributed by atoms with Crippen molar-refractivity contribution in [3.63, 3.8) is 0 Å². The van der Waals surface area contributed by atoms with Gasteiger partial charge in [-0.05, 0) is 24.3 Å². The van der Waals surface area contributed by atoms with Crippen molar-refractivity contribution in [2.45, 2.75) is 0 Å². The highest BCUT2D eigenvalue weighted by atomic mass is 16.4. The molecule has 7 heteroatoms. The van der Waals surface area contributed by atoms with Crippen molar-refractivity contribution in [2.24, 2.45) is 4.99 Å². The number of aliphatic imine (C=N–C) groups is 1. The minimum atomic E-state index is -0.571. The smallest absolute Gasteiger partial charge is 0.349 e. The van der Waals surface area contributed by atoms with Gasteiger partial charge in [0.1, 0.15) is 16.9 Å². The summed E-state index contributed by atoms with van der Waals surface area (Å²) in [7, 11) is 0. The maximum absolute atomic E-state index is 12.1. The second-order valence-corrected chi connectivity index (χ2v) is 5.19. The molecule has 0 aliphatic heterocycles. The maximum Gasteiger partial charge on any atom is 0.349 e.